The van der Waals surface area contributed by atoms with Crippen molar-refractivity contribution in [3.63, 3.8) is 0 Å². The molecule has 1 unspecified atom stereocenters. The molecular formula is C13H14ClNO3. The largest absolute Gasteiger partial charge is 0.465 e. The van der Waals surface area contributed by atoms with Crippen LogP contribution in [0.2, 0.25) is 0 Å². The zero-order valence-electron chi connectivity index (χ0n) is 10.3. The number of ether oxygens (including phenoxy) is 1. The fourth-order valence-corrected chi connectivity index (χ4v) is 2.34. The summed E-state index contributed by atoms with van der Waals surface area (Å²) in [6.45, 7) is 2.33. The van der Waals surface area contributed by atoms with Crippen molar-refractivity contribution in [1.82, 2.24) is 0 Å². The van der Waals surface area contributed by atoms with E-state index in [1.807, 2.05) is 6.92 Å². The van der Waals surface area contributed by atoms with Crippen LogP contribution >= 0.6 is 11.6 Å². The minimum Gasteiger partial charge on any atom is -0.465 e. The Morgan fingerprint density at radius 2 is 2.22 bits per heavy atom. The van der Waals surface area contributed by atoms with Gasteiger partial charge in [-0.2, -0.15) is 0 Å². The summed E-state index contributed by atoms with van der Waals surface area (Å²) >= 11 is 5.96. The normalized spacial score (nSPS) is 19.2. The van der Waals surface area contributed by atoms with Gasteiger partial charge in [-0.1, -0.05) is 0 Å². The van der Waals surface area contributed by atoms with Gasteiger partial charge in [0.15, 0.2) is 0 Å². The number of methoxy groups -OCH3 is 1. The topological polar surface area (TPSA) is 46.6 Å². The zero-order valence-corrected chi connectivity index (χ0v) is 11.0. The molecule has 2 rings (SSSR count). The second-order valence-electron chi connectivity index (χ2n) is 4.30. The van der Waals surface area contributed by atoms with E-state index in [9.17, 15) is 9.59 Å². The molecular weight excluding hydrogens is 254 g/mol. The van der Waals surface area contributed by atoms with Crippen LogP contribution in [0.3, 0.4) is 0 Å². The standard InChI is InChI=1S/C13H14ClNO3/c1-8-5-10(3-4-11(8)13(17)18-2)15-7-9(14)6-12(15)16/h3-5,9H,6-7H2,1-2H3. The van der Waals surface area contributed by atoms with Crippen LogP contribution in [0.5, 0.6) is 0 Å². The molecule has 1 amide bonds. The van der Waals surface area contributed by atoms with Crippen LogP contribution in [0.4, 0.5) is 5.69 Å². The van der Waals surface area contributed by atoms with Gasteiger partial charge in [-0.25, -0.2) is 4.79 Å². The van der Waals surface area contributed by atoms with Crippen LogP contribution in [0.1, 0.15) is 22.3 Å². The van der Waals surface area contributed by atoms with Gasteiger partial charge in [-0.3, -0.25) is 4.79 Å². The second kappa shape index (κ2) is 4.98. The maximum Gasteiger partial charge on any atom is 0.338 e. The van der Waals surface area contributed by atoms with Gasteiger partial charge >= 0.3 is 5.97 Å². The molecule has 1 aliphatic heterocycles. The molecule has 1 atom stereocenters. The van der Waals surface area contributed by atoms with Crippen LogP contribution < -0.4 is 4.90 Å². The molecule has 0 aliphatic carbocycles. The number of nitrogens with zero attached hydrogens (tertiary/aromatic N) is 1. The predicted molar refractivity (Wildman–Crippen MR) is 69.1 cm³/mol. The lowest BCUT2D eigenvalue weighted by atomic mass is 10.1. The van der Waals surface area contributed by atoms with E-state index in [0.29, 0.717) is 18.5 Å². The van der Waals surface area contributed by atoms with Crippen molar-refractivity contribution in [2.75, 3.05) is 18.6 Å². The Balaban J connectivity index is 2.29. The molecule has 5 heteroatoms. The Kier molecular flexibility index (Phi) is 3.57. The SMILES string of the molecule is COC(=O)c1ccc(N2CC(Cl)CC2=O)cc1C. The molecule has 4 nitrogen and oxygen atoms in total. The molecule has 1 heterocycles. The third-order valence-corrected chi connectivity index (χ3v) is 3.30. The molecule has 1 saturated heterocycles. The third kappa shape index (κ3) is 2.34. The summed E-state index contributed by atoms with van der Waals surface area (Å²) in [6, 6.07) is 5.22. The number of aryl methyl sites for hydroxylation is 1. The maximum atomic E-state index is 11.7. The number of halogens is 1. The molecule has 1 aromatic rings. The molecule has 0 bridgehead atoms. The first-order valence-electron chi connectivity index (χ1n) is 5.66. The summed E-state index contributed by atoms with van der Waals surface area (Å²) in [4.78, 5) is 24.8. The minimum atomic E-state index is -0.373. The van der Waals surface area contributed by atoms with E-state index in [1.165, 1.54) is 7.11 Å². The number of anilines is 1. The van der Waals surface area contributed by atoms with Gasteiger partial charge < -0.3 is 9.64 Å². The molecule has 1 fully saturated rings. The average Bonchev–Trinajstić information content (AvgIpc) is 2.67. The van der Waals surface area contributed by atoms with Crippen molar-refractivity contribution >= 4 is 29.2 Å². The molecule has 1 aromatic carbocycles. The fraction of sp³-hybridized carbons (Fsp3) is 0.385. The van der Waals surface area contributed by atoms with Crippen molar-refractivity contribution in [2.24, 2.45) is 0 Å². The number of hydrogen-bond acceptors (Lipinski definition) is 3. The summed E-state index contributed by atoms with van der Waals surface area (Å²) in [5, 5.41) is -0.141. The quantitative estimate of drug-likeness (QED) is 0.609. The van der Waals surface area contributed by atoms with Crippen LogP contribution in [0, 0.1) is 6.92 Å². The lowest BCUT2D eigenvalue weighted by Gasteiger charge is -2.17. The van der Waals surface area contributed by atoms with Gasteiger partial charge in [0.05, 0.1) is 18.1 Å². The van der Waals surface area contributed by atoms with E-state index in [0.717, 1.165) is 11.3 Å². The van der Waals surface area contributed by atoms with Gasteiger partial charge in [-0.05, 0) is 30.7 Å². The van der Waals surface area contributed by atoms with Crippen molar-refractivity contribution in [3.05, 3.63) is 29.3 Å². The number of carbonyl (C=O) groups is 2. The number of hydrogen-bond donors (Lipinski definition) is 0. The Bertz CT molecular complexity index is 501. The number of amides is 1. The van der Waals surface area contributed by atoms with E-state index in [-0.39, 0.29) is 17.3 Å². The molecule has 18 heavy (non-hydrogen) atoms. The van der Waals surface area contributed by atoms with Crippen molar-refractivity contribution in [3.8, 4) is 0 Å². The Labute approximate surface area is 110 Å². The number of benzene rings is 1. The lowest BCUT2D eigenvalue weighted by molar-refractivity contribution is -0.117. The van der Waals surface area contributed by atoms with Crippen LogP contribution in [-0.2, 0) is 9.53 Å². The summed E-state index contributed by atoms with van der Waals surface area (Å²) < 4.78 is 4.68. The molecule has 0 aromatic heterocycles. The summed E-state index contributed by atoms with van der Waals surface area (Å²) in [6.07, 6.45) is 0.360. The van der Waals surface area contributed by atoms with E-state index >= 15 is 0 Å². The molecule has 0 spiro atoms. The van der Waals surface area contributed by atoms with Crippen LogP contribution in [0.25, 0.3) is 0 Å². The van der Waals surface area contributed by atoms with E-state index in [1.54, 1.807) is 23.1 Å². The van der Waals surface area contributed by atoms with Gasteiger partial charge in [0, 0.05) is 18.7 Å². The highest BCUT2D eigenvalue weighted by Gasteiger charge is 2.29. The van der Waals surface area contributed by atoms with Gasteiger partial charge in [-0.15, -0.1) is 11.6 Å². The van der Waals surface area contributed by atoms with Crippen molar-refractivity contribution in [2.45, 2.75) is 18.7 Å². The zero-order chi connectivity index (χ0) is 13.3. The molecule has 0 N–H and O–H groups in total. The predicted octanol–water partition coefficient (Wildman–Crippen LogP) is 2.13. The fourth-order valence-electron chi connectivity index (χ4n) is 2.07. The van der Waals surface area contributed by atoms with Crippen molar-refractivity contribution < 1.29 is 14.3 Å². The van der Waals surface area contributed by atoms with Gasteiger partial charge in [0.2, 0.25) is 5.91 Å². The molecule has 0 saturated carbocycles. The van der Waals surface area contributed by atoms with E-state index in [4.69, 9.17) is 11.6 Å². The number of carbonyl (C=O) groups excluding carboxylic acids is 2. The molecule has 1 aliphatic rings. The van der Waals surface area contributed by atoms with Gasteiger partial charge in [0.1, 0.15) is 0 Å². The number of esters is 1. The second-order valence-corrected chi connectivity index (χ2v) is 4.91. The first-order chi connectivity index (χ1) is 8.52. The number of alkyl halides is 1. The highest BCUT2D eigenvalue weighted by molar-refractivity contribution is 6.24. The molecule has 0 radical (unpaired) electrons. The van der Waals surface area contributed by atoms with E-state index < -0.39 is 0 Å². The minimum absolute atomic E-state index is 0.0141. The van der Waals surface area contributed by atoms with Gasteiger partial charge in [0.25, 0.3) is 0 Å². The Morgan fingerprint density at radius 1 is 1.50 bits per heavy atom. The lowest BCUT2D eigenvalue weighted by Crippen LogP contribution is -2.24. The first kappa shape index (κ1) is 12.9. The molecule has 96 valence electrons. The van der Waals surface area contributed by atoms with Crippen LogP contribution in [0.15, 0.2) is 18.2 Å². The summed E-state index contributed by atoms with van der Waals surface area (Å²) in [7, 11) is 1.35. The monoisotopic (exact) mass is 267 g/mol. The van der Waals surface area contributed by atoms with Crippen LogP contribution in [-0.4, -0.2) is 30.9 Å². The Morgan fingerprint density at radius 3 is 2.72 bits per heavy atom. The highest BCUT2D eigenvalue weighted by atomic mass is 35.5. The third-order valence-electron chi connectivity index (χ3n) is 3.00. The maximum absolute atomic E-state index is 11.7. The van der Waals surface area contributed by atoms with E-state index in [2.05, 4.69) is 4.74 Å². The highest BCUT2D eigenvalue weighted by Crippen LogP contribution is 2.26. The average molecular weight is 268 g/mol. The summed E-state index contributed by atoms with van der Waals surface area (Å²) in [5.41, 5.74) is 2.06. The first-order valence-corrected chi connectivity index (χ1v) is 6.10. The summed E-state index contributed by atoms with van der Waals surface area (Å²) in [5.74, 6) is -0.359. The Hall–Kier alpha value is -1.55. The number of rotatable bonds is 2. The van der Waals surface area contributed by atoms with Crippen molar-refractivity contribution in [1.29, 1.82) is 0 Å². The smallest absolute Gasteiger partial charge is 0.338 e.